The first-order valence-electron chi connectivity index (χ1n) is 7.47. The van der Waals surface area contributed by atoms with Crippen LogP contribution >= 0.6 is 0 Å². The van der Waals surface area contributed by atoms with Gasteiger partial charge in [-0.3, -0.25) is 9.78 Å². The van der Waals surface area contributed by atoms with Gasteiger partial charge in [-0.05, 0) is 43.5 Å². The molecule has 2 saturated heterocycles. The first-order chi connectivity index (χ1) is 9.83. The van der Waals surface area contributed by atoms with E-state index in [-0.39, 0.29) is 0 Å². The minimum absolute atomic E-state index is 0.390. The van der Waals surface area contributed by atoms with Crippen LogP contribution in [-0.4, -0.2) is 22.9 Å². The molecular weight excluding hydrogens is 248 g/mol. The fourth-order valence-corrected chi connectivity index (χ4v) is 3.88. The highest BCUT2D eigenvalue weighted by Gasteiger charge is 2.38. The molecule has 2 aliphatic rings. The van der Waals surface area contributed by atoms with E-state index in [0.717, 1.165) is 18.4 Å². The number of benzene rings is 1. The number of nitrogens with zero attached hydrogens (tertiary/aromatic N) is 2. The SMILES string of the molecule is O=C1CC2CCCC(C1)N2c1cccc2ncccc12. The van der Waals surface area contributed by atoms with Gasteiger partial charge in [0.2, 0.25) is 0 Å². The second kappa shape index (κ2) is 4.58. The molecule has 0 radical (unpaired) electrons. The zero-order chi connectivity index (χ0) is 13.5. The number of carbonyl (C=O) groups excluding carboxylic acids is 1. The summed E-state index contributed by atoms with van der Waals surface area (Å²) in [6, 6.07) is 11.2. The number of anilines is 1. The van der Waals surface area contributed by atoms with E-state index >= 15 is 0 Å². The Labute approximate surface area is 118 Å². The molecule has 4 rings (SSSR count). The number of fused-ring (bicyclic) bond motifs is 3. The van der Waals surface area contributed by atoms with Crippen molar-refractivity contribution in [1.82, 2.24) is 4.98 Å². The Morgan fingerprint density at radius 2 is 1.85 bits per heavy atom. The molecule has 0 spiro atoms. The summed E-state index contributed by atoms with van der Waals surface area (Å²) in [5, 5.41) is 1.21. The minimum atomic E-state index is 0.390. The van der Waals surface area contributed by atoms with Crippen LogP contribution in [0.5, 0.6) is 0 Å². The van der Waals surface area contributed by atoms with E-state index in [4.69, 9.17) is 0 Å². The van der Waals surface area contributed by atoms with E-state index in [1.165, 1.54) is 17.5 Å². The van der Waals surface area contributed by atoms with Gasteiger partial charge in [0.1, 0.15) is 5.78 Å². The van der Waals surface area contributed by atoms with Crippen LogP contribution in [0.15, 0.2) is 36.5 Å². The van der Waals surface area contributed by atoms with Crippen molar-refractivity contribution < 1.29 is 4.79 Å². The molecule has 2 aliphatic heterocycles. The smallest absolute Gasteiger partial charge is 0.137 e. The van der Waals surface area contributed by atoms with E-state index in [9.17, 15) is 4.79 Å². The van der Waals surface area contributed by atoms with Crippen LogP contribution in [0.4, 0.5) is 5.69 Å². The summed E-state index contributed by atoms with van der Waals surface area (Å²) in [6.07, 6.45) is 6.80. The normalized spacial score (nSPS) is 26.0. The summed E-state index contributed by atoms with van der Waals surface area (Å²) >= 11 is 0. The van der Waals surface area contributed by atoms with Gasteiger partial charge in [0, 0.05) is 42.2 Å². The van der Waals surface area contributed by atoms with Gasteiger partial charge in [-0.25, -0.2) is 0 Å². The van der Waals surface area contributed by atoms with Crippen molar-refractivity contribution in [2.75, 3.05) is 4.90 Å². The predicted molar refractivity (Wildman–Crippen MR) is 79.9 cm³/mol. The lowest BCUT2D eigenvalue weighted by Crippen LogP contribution is -2.52. The topological polar surface area (TPSA) is 33.2 Å². The molecule has 0 aliphatic carbocycles. The lowest BCUT2D eigenvalue weighted by molar-refractivity contribution is -0.121. The van der Waals surface area contributed by atoms with Gasteiger partial charge in [0.05, 0.1) is 5.52 Å². The molecular formula is C17H18N2O. The zero-order valence-corrected chi connectivity index (χ0v) is 11.5. The molecule has 1 aromatic heterocycles. The second-order valence-electron chi connectivity index (χ2n) is 5.94. The van der Waals surface area contributed by atoms with Crippen molar-refractivity contribution in [1.29, 1.82) is 0 Å². The number of Topliss-reactive ketones (excluding diaryl/α,β-unsaturated/α-hetero) is 1. The highest BCUT2D eigenvalue weighted by molar-refractivity contribution is 5.93. The number of pyridine rings is 1. The summed E-state index contributed by atoms with van der Waals surface area (Å²) in [4.78, 5) is 18.8. The number of hydrogen-bond donors (Lipinski definition) is 0. The summed E-state index contributed by atoms with van der Waals surface area (Å²) < 4.78 is 0. The van der Waals surface area contributed by atoms with Crippen molar-refractivity contribution >= 4 is 22.4 Å². The zero-order valence-electron chi connectivity index (χ0n) is 11.5. The quantitative estimate of drug-likeness (QED) is 0.794. The summed E-state index contributed by atoms with van der Waals surface area (Å²) in [5.41, 5.74) is 2.30. The number of ketones is 1. The van der Waals surface area contributed by atoms with E-state index in [1.54, 1.807) is 0 Å². The van der Waals surface area contributed by atoms with Gasteiger partial charge in [-0.15, -0.1) is 0 Å². The molecule has 2 bridgehead atoms. The van der Waals surface area contributed by atoms with Crippen LogP contribution in [0.3, 0.4) is 0 Å². The van der Waals surface area contributed by atoms with Crippen molar-refractivity contribution in [3.8, 4) is 0 Å². The Morgan fingerprint density at radius 1 is 1.05 bits per heavy atom. The van der Waals surface area contributed by atoms with E-state index in [2.05, 4.69) is 34.1 Å². The highest BCUT2D eigenvalue weighted by atomic mass is 16.1. The molecule has 3 heterocycles. The van der Waals surface area contributed by atoms with Crippen LogP contribution in [0, 0.1) is 0 Å². The Hall–Kier alpha value is -1.90. The van der Waals surface area contributed by atoms with Gasteiger partial charge >= 0.3 is 0 Å². The van der Waals surface area contributed by atoms with Crippen molar-refractivity contribution in [2.24, 2.45) is 0 Å². The summed E-state index contributed by atoms with van der Waals surface area (Å²) in [6.45, 7) is 0. The molecule has 2 aromatic rings. The van der Waals surface area contributed by atoms with Crippen LogP contribution in [-0.2, 0) is 4.79 Å². The fourth-order valence-electron chi connectivity index (χ4n) is 3.88. The molecule has 2 fully saturated rings. The molecule has 20 heavy (non-hydrogen) atoms. The van der Waals surface area contributed by atoms with Gasteiger partial charge in [0.25, 0.3) is 0 Å². The minimum Gasteiger partial charge on any atom is -0.364 e. The first kappa shape index (κ1) is 11.9. The lowest BCUT2D eigenvalue weighted by Gasteiger charge is -2.47. The van der Waals surface area contributed by atoms with Crippen molar-refractivity contribution in [3.05, 3.63) is 36.5 Å². The Kier molecular flexibility index (Phi) is 2.72. The molecule has 3 heteroatoms. The van der Waals surface area contributed by atoms with Gasteiger partial charge in [0.15, 0.2) is 0 Å². The molecule has 0 amide bonds. The maximum Gasteiger partial charge on any atom is 0.137 e. The third-order valence-corrected chi connectivity index (χ3v) is 4.69. The number of hydrogen-bond acceptors (Lipinski definition) is 3. The van der Waals surface area contributed by atoms with Crippen molar-refractivity contribution in [3.63, 3.8) is 0 Å². The average Bonchev–Trinajstić information content (AvgIpc) is 2.46. The molecule has 3 nitrogen and oxygen atoms in total. The standard InChI is InChI=1S/C17H18N2O/c20-14-10-12-4-1-5-13(11-14)19(12)17-8-2-7-16-15(17)6-3-9-18-16/h2-3,6-9,12-13H,1,4-5,10-11H2. The van der Waals surface area contributed by atoms with Gasteiger partial charge in [-0.1, -0.05) is 6.07 Å². The van der Waals surface area contributed by atoms with E-state index in [1.807, 2.05) is 12.3 Å². The third-order valence-electron chi connectivity index (χ3n) is 4.69. The fraction of sp³-hybridized carbons (Fsp3) is 0.412. The van der Waals surface area contributed by atoms with E-state index < -0.39 is 0 Å². The molecule has 2 atom stereocenters. The van der Waals surface area contributed by atoms with E-state index in [0.29, 0.717) is 30.7 Å². The summed E-state index contributed by atoms with van der Waals surface area (Å²) in [5.74, 6) is 0.439. The Balaban J connectivity index is 1.84. The summed E-state index contributed by atoms with van der Waals surface area (Å²) in [7, 11) is 0. The van der Waals surface area contributed by atoms with Crippen LogP contribution in [0.25, 0.3) is 10.9 Å². The Morgan fingerprint density at radius 3 is 2.65 bits per heavy atom. The molecule has 0 N–H and O–H groups in total. The monoisotopic (exact) mass is 266 g/mol. The molecule has 0 saturated carbocycles. The first-order valence-corrected chi connectivity index (χ1v) is 7.47. The number of carbonyl (C=O) groups is 1. The molecule has 1 aromatic carbocycles. The van der Waals surface area contributed by atoms with Crippen LogP contribution < -0.4 is 4.90 Å². The number of rotatable bonds is 1. The van der Waals surface area contributed by atoms with Crippen molar-refractivity contribution in [2.45, 2.75) is 44.2 Å². The van der Waals surface area contributed by atoms with Crippen LogP contribution in [0.2, 0.25) is 0 Å². The average molecular weight is 266 g/mol. The lowest BCUT2D eigenvalue weighted by atomic mass is 9.83. The predicted octanol–water partition coefficient (Wildman–Crippen LogP) is 3.33. The van der Waals surface area contributed by atoms with Crippen LogP contribution in [0.1, 0.15) is 32.1 Å². The molecule has 102 valence electrons. The molecule has 2 unspecified atom stereocenters. The largest absolute Gasteiger partial charge is 0.364 e. The maximum absolute atomic E-state index is 11.9. The third kappa shape index (κ3) is 1.80. The maximum atomic E-state index is 11.9. The Bertz CT molecular complexity index is 646. The second-order valence-corrected chi connectivity index (χ2v) is 5.94. The number of piperidine rings is 2. The van der Waals surface area contributed by atoms with Gasteiger partial charge in [-0.2, -0.15) is 0 Å². The highest BCUT2D eigenvalue weighted by Crippen LogP contribution is 2.39. The number of aromatic nitrogens is 1. The van der Waals surface area contributed by atoms with Gasteiger partial charge < -0.3 is 4.90 Å².